The summed E-state index contributed by atoms with van der Waals surface area (Å²) in [4.78, 5) is 18.4. The summed E-state index contributed by atoms with van der Waals surface area (Å²) in [6.07, 6.45) is 5.97. The van der Waals surface area contributed by atoms with E-state index in [1.54, 1.807) is 0 Å². The van der Waals surface area contributed by atoms with Gasteiger partial charge in [-0.2, -0.15) is 0 Å². The van der Waals surface area contributed by atoms with E-state index in [0.29, 0.717) is 0 Å². The van der Waals surface area contributed by atoms with Crippen molar-refractivity contribution in [3.05, 3.63) is 80.4 Å². The van der Waals surface area contributed by atoms with Crippen LogP contribution in [0.25, 0.3) is 52.9 Å². The minimum absolute atomic E-state index is 0.227. The summed E-state index contributed by atoms with van der Waals surface area (Å²) in [6.45, 7) is 22.7. The van der Waals surface area contributed by atoms with Crippen LogP contribution < -0.4 is 0 Å². The summed E-state index contributed by atoms with van der Waals surface area (Å²) in [7, 11) is 0. The van der Waals surface area contributed by atoms with Crippen molar-refractivity contribution in [2.75, 3.05) is 0 Å². The number of hydrogen-bond donors (Lipinski definition) is 2. The maximum atomic E-state index is 5.34. The van der Waals surface area contributed by atoms with Gasteiger partial charge in [0.1, 0.15) is 0 Å². The van der Waals surface area contributed by atoms with Crippen LogP contribution in [0, 0.1) is 13.8 Å². The Kier molecular flexibility index (Phi) is 8.71. The molecular weight excluding hydrogens is 615 g/mol. The van der Waals surface area contributed by atoms with Crippen molar-refractivity contribution in [3.8, 4) is 0 Å². The van der Waals surface area contributed by atoms with Crippen LogP contribution in [0.5, 0.6) is 0 Å². The molecule has 45 heavy (non-hydrogen) atoms. The van der Waals surface area contributed by atoms with Gasteiger partial charge in [-0.3, -0.25) is 0 Å². The van der Waals surface area contributed by atoms with Gasteiger partial charge in [0.05, 0.1) is 0 Å². The van der Waals surface area contributed by atoms with Gasteiger partial charge in [-0.1, -0.05) is 0 Å². The van der Waals surface area contributed by atoms with E-state index in [2.05, 4.69) is 103 Å². The van der Waals surface area contributed by atoms with Gasteiger partial charge >= 0.3 is 276 Å². The Labute approximate surface area is 274 Å². The third-order valence-corrected chi connectivity index (χ3v) is 12.7. The Morgan fingerprint density at radius 2 is 1.07 bits per heavy atom. The second kappa shape index (κ2) is 12.4. The molecular formula is C40H48N4Se. The van der Waals surface area contributed by atoms with E-state index in [-0.39, 0.29) is 14.5 Å². The molecule has 0 saturated heterocycles. The molecule has 10 bridgehead atoms. The molecule has 2 aliphatic heterocycles. The maximum absolute atomic E-state index is 5.34. The molecule has 0 atom stereocenters. The average Bonchev–Trinajstić information content (AvgIpc) is 3.77. The molecule has 0 spiro atoms. The molecule has 0 radical (unpaired) electrons. The SMILES string of the molecule is CCC1=C(C)c2cc3nc(c4[nH]c(cc5[nH]c(cc6[se]c(cc1n2)c(CC)c6CC)c(CC)c5C)c(CC)c4C)C(C)=C3CC. The molecule has 2 N–H and O–H groups in total. The van der Waals surface area contributed by atoms with E-state index >= 15 is 0 Å². The van der Waals surface area contributed by atoms with Gasteiger partial charge < -0.3 is 0 Å². The van der Waals surface area contributed by atoms with Gasteiger partial charge in [-0.05, 0) is 0 Å². The zero-order valence-electron chi connectivity index (χ0n) is 28.9. The quantitative estimate of drug-likeness (QED) is 0.202. The molecule has 0 fully saturated rings. The first-order chi connectivity index (χ1) is 21.7. The molecule has 6 rings (SSSR count). The average molecular weight is 664 g/mol. The zero-order chi connectivity index (χ0) is 32.2. The number of rotatable bonds is 6. The van der Waals surface area contributed by atoms with E-state index in [4.69, 9.17) is 9.97 Å². The van der Waals surface area contributed by atoms with Crippen LogP contribution in [0.15, 0.2) is 24.3 Å². The first-order valence-corrected chi connectivity index (χ1v) is 18.7. The number of aromatic amines is 2. The summed E-state index contributed by atoms with van der Waals surface area (Å²) < 4.78 is 2.99. The molecule has 2 aliphatic rings. The Bertz CT molecular complexity index is 2110. The molecule has 4 aromatic rings. The first kappa shape index (κ1) is 31.6. The van der Waals surface area contributed by atoms with Crippen LogP contribution in [0.3, 0.4) is 0 Å². The van der Waals surface area contributed by atoms with Crippen molar-refractivity contribution < 1.29 is 0 Å². The van der Waals surface area contributed by atoms with Crippen molar-refractivity contribution >= 4 is 67.4 Å². The monoisotopic (exact) mass is 664 g/mol. The van der Waals surface area contributed by atoms with Gasteiger partial charge in [0.25, 0.3) is 0 Å². The van der Waals surface area contributed by atoms with Gasteiger partial charge in [-0.15, -0.1) is 0 Å². The normalized spacial score (nSPS) is 13.5. The third-order valence-electron chi connectivity index (χ3n) is 10.2. The standard InChI is InChI=1S/C40H48N4Se/c1-11-25-21(7)31-17-33-27(13-3)23(9)39(43-33)40-24(10)28(14-4)34(44-40)18-32-22(8)26(12-2)36(42-32)20-38-30(16-6)29(15-5)37(45-38)19-35(25)41-31/h17-20,41,43H,11-16H2,1-10H3. The Balaban J connectivity index is 1.86. The third kappa shape index (κ3) is 5.13. The molecule has 0 unspecified atom stereocenters. The number of hydrogen-bond acceptors (Lipinski definition) is 2. The number of nitrogens with one attached hydrogen (secondary N) is 2. The Morgan fingerprint density at radius 3 is 1.69 bits per heavy atom. The molecule has 4 nitrogen and oxygen atoms in total. The van der Waals surface area contributed by atoms with Crippen LogP contribution >= 0.6 is 0 Å². The van der Waals surface area contributed by atoms with Crippen molar-refractivity contribution in [3.63, 3.8) is 0 Å². The van der Waals surface area contributed by atoms with E-state index < -0.39 is 0 Å². The molecule has 0 aromatic carbocycles. The van der Waals surface area contributed by atoms with Crippen LogP contribution in [0.1, 0.15) is 124 Å². The van der Waals surface area contributed by atoms with E-state index in [0.717, 1.165) is 66.8 Å². The number of aromatic nitrogens is 4. The topological polar surface area (TPSA) is 57.4 Å². The Hall–Kier alpha value is -3.40. The first-order valence-electron chi connectivity index (χ1n) is 17.0. The fourth-order valence-corrected chi connectivity index (χ4v) is 10.6. The van der Waals surface area contributed by atoms with Crippen molar-refractivity contribution in [2.24, 2.45) is 0 Å². The van der Waals surface area contributed by atoms with Crippen LogP contribution in [-0.2, 0) is 25.7 Å². The summed E-state index contributed by atoms with van der Waals surface area (Å²) in [5, 5.41) is 0. The van der Waals surface area contributed by atoms with Crippen LogP contribution in [0.2, 0.25) is 0 Å². The summed E-state index contributed by atoms with van der Waals surface area (Å²) in [5.41, 5.74) is 22.8. The number of aryl methyl sites for hydroxylation is 6. The molecule has 0 saturated carbocycles. The van der Waals surface area contributed by atoms with E-state index in [1.165, 1.54) is 80.7 Å². The second-order valence-corrected chi connectivity index (χ2v) is 14.8. The fourth-order valence-electron chi connectivity index (χ4n) is 7.70. The van der Waals surface area contributed by atoms with Crippen LogP contribution in [0.4, 0.5) is 0 Å². The Morgan fingerprint density at radius 1 is 0.511 bits per heavy atom. The molecule has 6 heterocycles. The molecule has 0 amide bonds. The summed E-state index contributed by atoms with van der Waals surface area (Å²) in [5.74, 6) is 0. The number of fused-ring (bicyclic) bond motifs is 11. The van der Waals surface area contributed by atoms with Crippen molar-refractivity contribution in [2.45, 2.75) is 108 Å². The summed E-state index contributed by atoms with van der Waals surface area (Å²) >= 11 is 0.227. The predicted octanol–water partition coefficient (Wildman–Crippen LogP) is 10.6. The van der Waals surface area contributed by atoms with Crippen molar-refractivity contribution in [1.82, 2.24) is 19.9 Å². The second-order valence-electron chi connectivity index (χ2n) is 12.5. The molecule has 234 valence electrons. The predicted molar refractivity (Wildman–Crippen MR) is 197 cm³/mol. The fraction of sp³-hybridized carbons (Fsp3) is 0.400. The van der Waals surface area contributed by atoms with Crippen molar-refractivity contribution in [1.29, 1.82) is 0 Å². The summed E-state index contributed by atoms with van der Waals surface area (Å²) in [6, 6.07) is 9.50. The van der Waals surface area contributed by atoms with E-state index in [9.17, 15) is 0 Å². The number of allylic oxidation sites excluding steroid dienone is 4. The number of nitrogens with zero attached hydrogens (tertiary/aromatic N) is 2. The number of H-pyrrole nitrogens is 2. The van der Waals surface area contributed by atoms with Gasteiger partial charge in [0.2, 0.25) is 0 Å². The van der Waals surface area contributed by atoms with Crippen LogP contribution in [-0.4, -0.2) is 34.4 Å². The van der Waals surface area contributed by atoms with Gasteiger partial charge in [0.15, 0.2) is 0 Å². The van der Waals surface area contributed by atoms with E-state index in [1.807, 2.05) is 0 Å². The molecule has 5 heteroatoms. The zero-order valence-corrected chi connectivity index (χ0v) is 30.6. The van der Waals surface area contributed by atoms with Gasteiger partial charge in [0, 0.05) is 0 Å². The van der Waals surface area contributed by atoms with Gasteiger partial charge in [-0.25, -0.2) is 0 Å². The molecule has 0 aliphatic carbocycles. The molecule has 4 aromatic heterocycles. The minimum atomic E-state index is 0.227.